The molecule has 1 aromatic carbocycles. The summed E-state index contributed by atoms with van der Waals surface area (Å²) in [5.41, 5.74) is 3.48. The molecule has 1 saturated carbocycles. The molecule has 3 aromatic rings. The van der Waals surface area contributed by atoms with E-state index in [4.69, 9.17) is 0 Å². The number of benzene rings is 1. The molecule has 3 fully saturated rings. The fraction of sp³-hybridized carbons (Fsp3) is 0.500. The van der Waals surface area contributed by atoms with Crippen LogP contribution in [0.1, 0.15) is 55.0 Å². The number of carbonyl (C=O) groups is 1. The Kier molecular flexibility index (Phi) is 7.22. The van der Waals surface area contributed by atoms with Crippen LogP contribution < -0.4 is 10.3 Å². The van der Waals surface area contributed by atoms with Crippen LogP contribution in [0.4, 0.5) is 14.9 Å². The number of hydrogen-bond donors (Lipinski definition) is 2. The Hall–Kier alpha value is -3.50. The van der Waals surface area contributed by atoms with Crippen LogP contribution in [0.5, 0.6) is 0 Å². The second-order valence-corrected chi connectivity index (χ2v) is 11.6. The molecule has 0 bridgehead atoms. The molecule has 10 heteroatoms. The zero-order valence-electron chi connectivity index (χ0n) is 22.8. The van der Waals surface area contributed by atoms with E-state index < -0.39 is 18.0 Å². The number of likely N-dealkylation sites (tertiary alicyclic amines) is 1. The molecule has 2 aromatic heterocycles. The number of fused-ring (bicyclic) bond motifs is 1. The van der Waals surface area contributed by atoms with Crippen LogP contribution in [0, 0.1) is 12.7 Å². The molecule has 2 N–H and O–H groups in total. The van der Waals surface area contributed by atoms with Gasteiger partial charge in [0.05, 0.1) is 17.3 Å². The zero-order valence-corrected chi connectivity index (χ0v) is 22.8. The number of piperidine rings is 1. The fourth-order valence-electron chi connectivity index (χ4n) is 6.28. The fourth-order valence-corrected chi connectivity index (χ4v) is 6.28. The van der Waals surface area contributed by atoms with Crippen molar-refractivity contribution in [3.8, 4) is 0 Å². The lowest BCUT2D eigenvalue weighted by atomic mass is 10.0. The predicted octanol–water partition coefficient (Wildman–Crippen LogP) is 3.89. The summed E-state index contributed by atoms with van der Waals surface area (Å²) < 4.78 is 17.5. The van der Waals surface area contributed by atoms with E-state index in [0.717, 1.165) is 42.5 Å². The standard InChI is InChI=1S/C30H36FN5O4/c1-19-11-20(6-8-32-19)14-35(23-3-2-9-34(17-23)30(39)40)15-21-16-36(22-4-5-22)27-13-28(33-10-7-24(37)18-33)26(31)12-25(27)29(21)38/h6,8,11-13,16,22-24,37H,2-5,7,9-10,14-15,17-18H2,1H3,(H,39,40)/t23-,24+/m0/s1. The van der Waals surface area contributed by atoms with Gasteiger partial charge >= 0.3 is 6.09 Å². The van der Waals surface area contributed by atoms with Crippen molar-refractivity contribution >= 4 is 22.7 Å². The molecule has 212 valence electrons. The molecular weight excluding hydrogens is 513 g/mol. The van der Waals surface area contributed by atoms with Gasteiger partial charge in [0.15, 0.2) is 5.43 Å². The second-order valence-electron chi connectivity index (χ2n) is 11.6. The van der Waals surface area contributed by atoms with Crippen LogP contribution in [0.2, 0.25) is 0 Å². The SMILES string of the molecule is Cc1cc(CN(Cc2cn(C3CC3)c3cc(N4CC[C@@H](O)C4)c(F)cc3c2=O)[C@H]2CCCN(C(=O)O)C2)ccn1. The van der Waals surface area contributed by atoms with Gasteiger partial charge in [-0.2, -0.15) is 0 Å². The largest absolute Gasteiger partial charge is 0.465 e. The Morgan fingerprint density at radius 3 is 2.65 bits per heavy atom. The van der Waals surface area contributed by atoms with E-state index in [0.29, 0.717) is 62.3 Å². The van der Waals surface area contributed by atoms with E-state index >= 15 is 4.39 Å². The number of hydrogen-bond acceptors (Lipinski definition) is 6. The number of carboxylic acid groups (broad SMARTS) is 1. The first-order valence-corrected chi connectivity index (χ1v) is 14.2. The highest BCUT2D eigenvalue weighted by molar-refractivity contribution is 5.84. The molecule has 0 unspecified atom stereocenters. The minimum atomic E-state index is -0.928. The molecule has 1 amide bonds. The lowest BCUT2D eigenvalue weighted by Gasteiger charge is -2.38. The van der Waals surface area contributed by atoms with Crippen LogP contribution in [0.15, 0.2) is 41.5 Å². The van der Waals surface area contributed by atoms with Gasteiger partial charge in [-0.15, -0.1) is 0 Å². The maximum Gasteiger partial charge on any atom is 0.407 e. The topological polar surface area (TPSA) is 102 Å². The maximum absolute atomic E-state index is 15.4. The minimum absolute atomic E-state index is 0.0523. The number of aromatic nitrogens is 2. The highest BCUT2D eigenvalue weighted by atomic mass is 19.1. The predicted molar refractivity (Wildman–Crippen MR) is 150 cm³/mol. The maximum atomic E-state index is 15.4. The quantitative estimate of drug-likeness (QED) is 0.461. The van der Waals surface area contributed by atoms with E-state index in [1.807, 2.05) is 30.2 Å². The molecule has 1 aliphatic carbocycles. The normalized spacial score (nSPS) is 21.5. The first-order valence-electron chi connectivity index (χ1n) is 14.2. The van der Waals surface area contributed by atoms with Gasteiger partial charge in [-0.3, -0.25) is 14.7 Å². The van der Waals surface area contributed by atoms with Crippen molar-refractivity contribution in [1.29, 1.82) is 0 Å². The first-order chi connectivity index (χ1) is 19.3. The molecule has 2 aliphatic heterocycles. The van der Waals surface area contributed by atoms with Gasteiger partial charge < -0.3 is 24.6 Å². The monoisotopic (exact) mass is 549 g/mol. The van der Waals surface area contributed by atoms with Gasteiger partial charge in [0.1, 0.15) is 5.82 Å². The second kappa shape index (κ2) is 10.8. The number of halogens is 1. The molecule has 9 nitrogen and oxygen atoms in total. The van der Waals surface area contributed by atoms with Gasteiger partial charge in [0.2, 0.25) is 0 Å². The molecule has 2 atom stereocenters. The number of aliphatic hydroxyl groups is 1. The van der Waals surface area contributed by atoms with Gasteiger partial charge in [-0.1, -0.05) is 0 Å². The molecule has 2 saturated heterocycles. The van der Waals surface area contributed by atoms with E-state index in [2.05, 4.69) is 14.5 Å². The van der Waals surface area contributed by atoms with Crippen molar-refractivity contribution in [3.05, 3.63) is 69.5 Å². The number of pyridine rings is 2. The average molecular weight is 550 g/mol. The summed E-state index contributed by atoms with van der Waals surface area (Å²) in [6, 6.07) is 7.31. The Bertz CT molecular complexity index is 1490. The Balaban J connectivity index is 1.39. The third-order valence-electron chi connectivity index (χ3n) is 8.52. The summed E-state index contributed by atoms with van der Waals surface area (Å²) in [7, 11) is 0. The highest BCUT2D eigenvalue weighted by Crippen LogP contribution is 2.38. The summed E-state index contributed by atoms with van der Waals surface area (Å²) in [5.74, 6) is -0.452. The number of aryl methyl sites for hydroxylation is 1. The third kappa shape index (κ3) is 5.42. The van der Waals surface area contributed by atoms with E-state index in [1.54, 1.807) is 12.3 Å². The van der Waals surface area contributed by atoms with Gasteiger partial charge in [-0.25, -0.2) is 9.18 Å². The van der Waals surface area contributed by atoms with E-state index in [9.17, 15) is 19.8 Å². The number of amides is 1. The summed E-state index contributed by atoms with van der Waals surface area (Å²) in [4.78, 5) is 35.5. The smallest absolute Gasteiger partial charge is 0.407 e. The van der Waals surface area contributed by atoms with Gasteiger partial charge in [-0.05, 0) is 68.9 Å². The van der Waals surface area contributed by atoms with E-state index in [-0.39, 0.29) is 17.5 Å². The number of rotatable bonds is 7. The lowest BCUT2D eigenvalue weighted by molar-refractivity contribution is 0.0781. The van der Waals surface area contributed by atoms with Gasteiger partial charge in [0, 0.05) is 80.4 Å². The molecule has 3 aliphatic rings. The Morgan fingerprint density at radius 2 is 1.95 bits per heavy atom. The van der Waals surface area contributed by atoms with Crippen LogP contribution in [-0.4, -0.2) is 74.0 Å². The lowest BCUT2D eigenvalue weighted by Crippen LogP contribution is -2.49. The van der Waals surface area contributed by atoms with Gasteiger partial charge in [0.25, 0.3) is 0 Å². The summed E-state index contributed by atoms with van der Waals surface area (Å²) >= 11 is 0. The highest BCUT2D eigenvalue weighted by Gasteiger charge is 2.31. The Morgan fingerprint density at radius 1 is 1.12 bits per heavy atom. The van der Waals surface area contributed by atoms with Crippen molar-refractivity contribution in [3.63, 3.8) is 0 Å². The molecule has 4 heterocycles. The number of aliphatic hydroxyl groups excluding tert-OH is 1. The summed E-state index contributed by atoms with van der Waals surface area (Å²) in [6.45, 7) is 4.66. The van der Waals surface area contributed by atoms with Crippen LogP contribution >= 0.6 is 0 Å². The summed E-state index contributed by atoms with van der Waals surface area (Å²) in [6.07, 6.45) is 6.49. The first kappa shape index (κ1) is 26.7. The van der Waals surface area contributed by atoms with Crippen LogP contribution in [0.3, 0.4) is 0 Å². The number of β-amino-alcohol motifs (C(OH)–C–C–N with tert-alkyl or cyclic N) is 1. The van der Waals surface area contributed by atoms with Crippen LogP contribution in [-0.2, 0) is 13.1 Å². The molecule has 40 heavy (non-hydrogen) atoms. The molecule has 6 rings (SSSR count). The minimum Gasteiger partial charge on any atom is -0.465 e. The number of anilines is 1. The van der Waals surface area contributed by atoms with Crippen LogP contribution in [0.25, 0.3) is 10.9 Å². The Labute approximate surface area is 232 Å². The summed E-state index contributed by atoms with van der Waals surface area (Å²) in [5, 5.41) is 20.0. The zero-order chi connectivity index (χ0) is 28.0. The number of nitrogens with zero attached hydrogens (tertiary/aromatic N) is 5. The average Bonchev–Trinajstić information content (AvgIpc) is 3.69. The molecular formula is C30H36FN5O4. The van der Waals surface area contributed by atoms with Crippen molar-refractivity contribution < 1.29 is 19.4 Å². The van der Waals surface area contributed by atoms with Crippen molar-refractivity contribution in [2.45, 2.75) is 70.3 Å². The van der Waals surface area contributed by atoms with Crippen molar-refractivity contribution in [2.24, 2.45) is 0 Å². The molecule has 0 spiro atoms. The molecule has 0 radical (unpaired) electrons. The van der Waals surface area contributed by atoms with Crippen molar-refractivity contribution in [1.82, 2.24) is 19.4 Å². The third-order valence-corrected chi connectivity index (χ3v) is 8.52. The van der Waals surface area contributed by atoms with E-state index in [1.165, 1.54) is 11.0 Å². The van der Waals surface area contributed by atoms with Crippen molar-refractivity contribution in [2.75, 3.05) is 31.1 Å².